The van der Waals surface area contributed by atoms with E-state index in [1.165, 1.54) is 0 Å². The molecule has 0 unspecified atom stereocenters. The molecule has 2 heterocycles. The summed E-state index contributed by atoms with van der Waals surface area (Å²) in [6.07, 6.45) is 6.70. The largest absolute Gasteiger partial charge is 0.359 e. The normalized spacial score (nSPS) is 14.2. The molecule has 1 aliphatic carbocycles. The number of nitrogens with zero attached hydrogens (tertiary/aromatic N) is 3. The van der Waals surface area contributed by atoms with Gasteiger partial charge in [0.25, 0.3) is 0 Å². The van der Waals surface area contributed by atoms with Gasteiger partial charge in [-0.15, -0.1) is 0 Å². The molecular formula is C14H19N5O2. The van der Waals surface area contributed by atoms with Crippen molar-refractivity contribution in [2.45, 2.75) is 32.1 Å². The van der Waals surface area contributed by atoms with Crippen molar-refractivity contribution in [2.75, 3.05) is 11.9 Å². The van der Waals surface area contributed by atoms with Crippen molar-refractivity contribution in [3.63, 3.8) is 0 Å². The molecule has 0 bridgehead atoms. The highest BCUT2D eigenvalue weighted by molar-refractivity contribution is 5.90. The zero-order valence-corrected chi connectivity index (χ0v) is 12.2. The zero-order chi connectivity index (χ0) is 14.8. The van der Waals surface area contributed by atoms with Gasteiger partial charge in [-0.3, -0.25) is 4.68 Å². The lowest BCUT2D eigenvalue weighted by atomic mass is 10.2. The second kappa shape index (κ2) is 5.59. The average molecular weight is 289 g/mol. The van der Waals surface area contributed by atoms with Crippen LogP contribution >= 0.6 is 0 Å². The maximum absolute atomic E-state index is 11.9. The quantitative estimate of drug-likeness (QED) is 0.881. The summed E-state index contributed by atoms with van der Waals surface area (Å²) in [5, 5.41) is 13.7. The first-order valence-electron chi connectivity index (χ1n) is 7.12. The van der Waals surface area contributed by atoms with Gasteiger partial charge in [-0.25, -0.2) is 4.79 Å². The van der Waals surface area contributed by atoms with E-state index in [0.29, 0.717) is 12.5 Å². The van der Waals surface area contributed by atoms with E-state index in [9.17, 15) is 4.79 Å². The van der Waals surface area contributed by atoms with E-state index in [2.05, 4.69) is 20.9 Å². The van der Waals surface area contributed by atoms with Crippen LogP contribution in [0.5, 0.6) is 0 Å². The standard InChI is InChI=1S/C14H19N5O2/c1-9-12(13(21-18-9)11-3-4-11)17-14(20)15-6-5-10-7-16-19(2)8-10/h7-8,11H,3-6H2,1-2H3,(H2,15,17,20). The predicted octanol–water partition coefficient (Wildman–Crippen LogP) is 1.96. The molecule has 112 valence electrons. The molecule has 2 aromatic rings. The number of aromatic nitrogens is 3. The van der Waals surface area contributed by atoms with E-state index in [4.69, 9.17) is 4.52 Å². The number of carbonyl (C=O) groups is 1. The summed E-state index contributed by atoms with van der Waals surface area (Å²) >= 11 is 0. The topological polar surface area (TPSA) is 85.0 Å². The third-order valence-electron chi connectivity index (χ3n) is 3.53. The molecule has 1 saturated carbocycles. The van der Waals surface area contributed by atoms with Crippen LogP contribution in [0.2, 0.25) is 0 Å². The summed E-state index contributed by atoms with van der Waals surface area (Å²) in [6, 6.07) is -0.230. The minimum atomic E-state index is -0.230. The number of nitrogens with one attached hydrogen (secondary N) is 2. The summed E-state index contributed by atoms with van der Waals surface area (Å²) in [5.74, 6) is 1.21. The van der Waals surface area contributed by atoms with Crippen LogP contribution in [0.25, 0.3) is 0 Å². The van der Waals surface area contributed by atoms with E-state index < -0.39 is 0 Å². The van der Waals surface area contributed by atoms with Gasteiger partial charge in [-0.05, 0) is 31.7 Å². The second-order valence-corrected chi connectivity index (χ2v) is 5.43. The Labute approximate surface area is 122 Å². The number of hydrogen-bond acceptors (Lipinski definition) is 4. The van der Waals surface area contributed by atoms with Gasteiger partial charge in [0, 0.05) is 25.7 Å². The van der Waals surface area contributed by atoms with Crippen LogP contribution in [0.4, 0.5) is 10.5 Å². The fourth-order valence-electron chi connectivity index (χ4n) is 2.24. The van der Waals surface area contributed by atoms with Gasteiger partial charge in [0.1, 0.15) is 11.4 Å². The summed E-state index contributed by atoms with van der Waals surface area (Å²) < 4.78 is 7.04. The molecule has 0 spiro atoms. The minimum absolute atomic E-state index is 0.230. The lowest BCUT2D eigenvalue weighted by molar-refractivity contribution is 0.252. The molecule has 1 aliphatic rings. The van der Waals surface area contributed by atoms with Crippen LogP contribution in [0.3, 0.4) is 0 Å². The fraction of sp³-hybridized carbons (Fsp3) is 0.500. The molecule has 7 heteroatoms. The predicted molar refractivity (Wildman–Crippen MR) is 77.1 cm³/mol. The molecule has 0 saturated heterocycles. The molecule has 0 aliphatic heterocycles. The third-order valence-corrected chi connectivity index (χ3v) is 3.53. The van der Waals surface area contributed by atoms with Crippen molar-refractivity contribution in [2.24, 2.45) is 7.05 Å². The minimum Gasteiger partial charge on any atom is -0.359 e. The Morgan fingerprint density at radius 3 is 3.00 bits per heavy atom. The van der Waals surface area contributed by atoms with Crippen molar-refractivity contribution in [3.05, 3.63) is 29.4 Å². The highest BCUT2D eigenvalue weighted by Gasteiger charge is 2.32. The number of rotatable bonds is 5. The molecule has 0 aromatic carbocycles. The molecule has 2 aromatic heterocycles. The van der Waals surface area contributed by atoms with Crippen molar-refractivity contribution in [1.82, 2.24) is 20.3 Å². The van der Waals surface area contributed by atoms with Crippen LogP contribution < -0.4 is 10.6 Å². The van der Waals surface area contributed by atoms with Crippen molar-refractivity contribution < 1.29 is 9.32 Å². The molecule has 3 rings (SSSR count). The number of urea groups is 1. The Balaban J connectivity index is 1.51. The van der Waals surface area contributed by atoms with Crippen molar-refractivity contribution in [1.29, 1.82) is 0 Å². The van der Waals surface area contributed by atoms with E-state index in [1.807, 2.05) is 20.2 Å². The molecule has 21 heavy (non-hydrogen) atoms. The molecule has 0 radical (unpaired) electrons. The highest BCUT2D eigenvalue weighted by Crippen LogP contribution is 2.44. The number of carbonyl (C=O) groups excluding carboxylic acids is 1. The molecule has 1 fully saturated rings. The van der Waals surface area contributed by atoms with Gasteiger partial charge in [-0.2, -0.15) is 5.10 Å². The van der Waals surface area contributed by atoms with Crippen LogP contribution in [-0.2, 0) is 13.5 Å². The average Bonchev–Trinajstić information content (AvgIpc) is 3.12. The number of aryl methyl sites for hydroxylation is 2. The maximum Gasteiger partial charge on any atom is 0.319 e. The smallest absolute Gasteiger partial charge is 0.319 e. The van der Waals surface area contributed by atoms with Gasteiger partial charge >= 0.3 is 6.03 Å². The summed E-state index contributed by atoms with van der Waals surface area (Å²) in [5.41, 5.74) is 2.54. The van der Waals surface area contributed by atoms with Crippen LogP contribution in [0, 0.1) is 6.92 Å². The fourth-order valence-corrected chi connectivity index (χ4v) is 2.24. The third kappa shape index (κ3) is 3.24. The first-order chi connectivity index (χ1) is 10.1. The summed E-state index contributed by atoms with van der Waals surface area (Å²) in [6.45, 7) is 2.39. The lowest BCUT2D eigenvalue weighted by Crippen LogP contribution is -2.30. The van der Waals surface area contributed by atoms with Crippen LogP contribution in [-0.4, -0.2) is 27.5 Å². The second-order valence-electron chi connectivity index (χ2n) is 5.43. The monoisotopic (exact) mass is 289 g/mol. The molecule has 0 atom stereocenters. The van der Waals surface area contributed by atoms with Gasteiger partial charge in [0.05, 0.1) is 6.20 Å². The Morgan fingerprint density at radius 2 is 2.33 bits per heavy atom. The van der Waals surface area contributed by atoms with Crippen molar-refractivity contribution in [3.8, 4) is 0 Å². The Bertz CT molecular complexity index is 642. The van der Waals surface area contributed by atoms with E-state index in [-0.39, 0.29) is 6.03 Å². The Kier molecular flexibility index (Phi) is 3.64. The van der Waals surface area contributed by atoms with Crippen LogP contribution in [0.15, 0.2) is 16.9 Å². The van der Waals surface area contributed by atoms with E-state index in [1.54, 1.807) is 10.9 Å². The van der Waals surface area contributed by atoms with Crippen molar-refractivity contribution >= 4 is 11.7 Å². The maximum atomic E-state index is 11.9. The first-order valence-corrected chi connectivity index (χ1v) is 7.12. The number of hydrogen-bond donors (Lipinski definition) is 2. The molecule has 7 nitrogen and oxygen atoms in total. The number of anilines is 1. The van der Waals surface area contributed by atoms with Gasteiger partial charge in [-0.1, -0.05) is 5.16 Å². The van der Waals surface area contributed by atoms with E-state index >= 15 is 0 Å². The SMILES string of the molecule is Cc1noc(C2CC2)c1NC(=O)NCCc1cnn(C)c1. The van der Waals surface area contributed by atoms with E-state index in [0.717, 1.165) is 42.0 Å². The van der Waals surface area contributed by atoms with Crippen LogP contribution in [0.1, 0.15) is 35.8 Å². The number of amides is 2. The summed E-state index contributed by atoms with van der Waals surface area (Å²) in [4.78, 5) is 11.9. The molecule has 2 N–H and O–H groups in total. The first kappa shape index (κ1) is 13.7. The zero-order valence-electron chi connectivity index (χ0n) is 12.2. The van der Waals surface area contributed by atoms with Gasteiger partial charge < -0.3 is 15.2 Å². The summed E-state index contributed by atoms with van der Waals surface area (Å²) in [7, 11) is 1.87. The lowest BCUT2D eigenvalue weighted by Gasteiger charge is -2.07. The molecule has 2 amide bonds. The Hall–Kier alpha value is -2.31. The van der Waals surface area contributed by atoms with Gasteiger partial charge in [0.2, 0.25) is 0 Å². The van der Waals surface area contributed by atoms with Gasteiger partial charge in [0.15, 0.2) is 5.76 Å². The highest BCUT2D eigenvalue weighted by atomic mass is 16.5. The Morgan fingerprint density at radius 1 is 1.52 bits per heavy atom. The molecular weight excluding hydrogens is 270 g/mol.